The van der Waals surface area contributed by atoms with E-state index < -0.39 is 0 Å². The minimum atomic E-state index is 0. The van der Waals surface area contributed by atoms with Gasteiger partial charge < -0.3 is 10.2 Å². The van der Waals surface area contributed by atoms with Crippen LogP contribution in [0.15, 0.2) is 23.2 Å². The first kappa shape index (κ1) is 21.5. The molecule has 0 radical (unpaired) electrons. The first-order valence-corrected chi connectivity index (χ1v) is 10.00. The molecule has 2 saturated heterocycles. The lowest BCUT2D eigenvalue weighted by atomic mass is 10.1. The van der Waals surface area contributed by atoms with Crippen molar-refractivity contribution in [1.29, 1.82) is 0 Å². The molecule has 0 aliphatic carbocycles. The van der Waals surface area contributed by atoms with Gasteiger partial charge in [-0.1, -0.05) is 29.3 Å². The quantitative estimate of drug-likeness (QED) is 0.406. The molecule has 5 heteroatoms. The van der Waals surface area contributed by atoms with Gasteiger partial charge in [0.15, 0.2) is 5.96 Å². The van der Waals surface area contributed by atoms with Crippen LogP contribution in [0.5, 0.6) is 0 Å². The maximum atomic E-state index is 4.92. The van der Waals surface area contributed by atoms with Gasteiger partial charge in [-0.25, -0.2) is 0 Å². The Morgan fingerprint density at radius 1 is 1.12 bits per heavy atom. The van der Waals surface area contributed by atoms with Crippen LogP contribution in [-0.4, -0.2) is 61.1 Å². The third-order valence-electron chi connectivity index (χ3n) is 5.40. The van der Waals surface area contributed by atoms with Crippen LogP contribution in [0.4, 0.5) is 0 Å². The van der Waals surface area contributed by atoms with E-state index in [2.05, 4.69) is 54.1 Å². The molecule has 1 N–H and O–H groups in total. The summed E-state index contributed by atoms with van der Waals surface area (Å²) in [6, 6.07) is 7.54. The summed E-state index contributed by atoms with van der Waals surface area (Å²) in [4.78, 5) is 10.1. The van der Waals surface area contributed by atoms with Crippen molar-refractivity contribution in [3.63, 3.8) is 0 Å². The highest BCUT2D eigenvalue weighted by Crippen LogP contribution is 2.20. The highest BCUT2D eigenvalue weighted by molar-refractivity contribution is 14.0. The maximum Gasteiger partial charge on any atom is 0.193 e. The zero-order valence-corrected chi connectivity index (χ0v) is 19.0. The normalized spacial score (nSPS) is 21.1. The molecule has 2 heterocycles. The fourth-order valence-corrected chi connectivity index (χ4v) is 4.27. The summed E-state index contributed by atoms with van der Waals surface area (Å²) in [5, 5.41) is 3.50. The fourth-order valence-electron chi connectivity index (χ4n) is 4.27. The summed E-state index contributed by atoms with van der Waals surface area (Å²) >= 11 is 0. The molecular formula is C21H35IN4. The molecule has 2 aliphatic rings. The van der Waals surface area contributed by atoms with E-state index in [9.17, 15) is 0 Å². The predicted octanol–water partition coefficient (Wildman–Crippen LogP) is 3.60. The summed E-state index contributed by atoms with van der Waals surface area (Å²) in [5.74, 6) is 1.11. The average Bonchev–Trinajstić information content (AvgIpc) is 3.24. The highest BCUT2D eigenvalue weighted by atomic mass is 127. The van der Waals surface area contributed by atoms with Gasteiger partial charge in [-0.15, -0.1) is 24.0 Å². The molecule has 0 aromatic heterocycles. The van der Waals surface area contributed by atoms with Gasteiger partial charge in [0.2, 0.25) is 0 Å². The second kappa shape index (κ2) is 10.5. The number of hydrogen-bond acceptors (Lipinski definition) is 2. The Hall–Kier alpha value is -0.820. The molecule has 0 bridgehead atoms. The summed E-state index contributed by atoms with van der Waals surface area (Å²) < 4.78 is 0. The molecular weight excluding hydrogens is 435 g/mol. The molecule has 0 spiro atoms. The Bertz CT molecular complexity index is 575. The smallest absolute Gasteiger partial charge is 0.193 e. The third-order valence-corrected chi connectivity index (χ3v) is 5.40. The topological polar surface area (TPSA) is 30.9 Å². The summed E-state index contributed by atoms with van der Waals surface area (Å²) in [6.45, 7) is 13.2. The molecule has 1 atom stereocenters. The molecule has 26 heavy (non-hydrogen) atoms. The number of guanidine groups is 1. The second-order valence-corrected chi connectivity index (χ2v) is 7.61. The molecule has 146 valence electrons. The molecule has 0 saturated carbocycles. The Balaban J connectivity index is 0.00000243. The van der Waals surface area contributed by atoms with Gasteiger partial charge >= 0.3 is 0 Å². The number of hydrogen-bond donors (Lipinski definition) is 1. The Morgan fingerprint density at radius 3 is 2.46 bits per heavy atom. The molecule has 2 fully saturated rings. The minimum absolute atomic E-state index is 0. The lowest BCUT2D eigenvalue weighted by Crippen LogP contribution is -2.42. The number of halogens is 1. The summed E-state index contributed by atoms with van der Waals surface area (Å²) in [7, 11) is 0. The van der Waals surface area contributed by atoms with Crippen molar-refractivity contribution in [2.24, 2.45) is 4.99 Å². The number of likely N-dealkylation sites (tertiary alicyclic amines) is 2. The molecule has 2 aliphatic heterocycles. The van der Waals surface area contributed by atoms with Gasteiger partial charge in [0.1, 0.15) is 0 Å². The van der Waals surface area contributed by atoms with Crippen molar-refractivity contribution in [2.75, 3.05) is 39.3 Å². The van der Waals surface area contributed by atoms with Crippen LogP contribution >= 0.6 is 24.0 Å². The van der Waals surface area contributed by atoms with Gasteiger partial charge in [0, 0.05) is 32.2 Å². The van der Waals surface area contributed by atoms with E-state index in [1.165, 1.54) is 49.0 Å². The number of nitrogens with zero attached hydrogens (tertiary/aromatic N) is 3. The Kier molecular flexibility index (Phi) is 8.67. The van der Waals surface area contributed by atoms with Crippen LogP contribution in [0.2, 0.25) is 0 Å². The van der Waals surface area contributed by atoms with Crippen LogP contribution < -0.4 is 5.32 Å². The van der Waals surface area contributed by atoms with Gasteiger partial charge in [0.25, 0.3) is 0 Å². The first-order valence-electron chi connectivity index (χ1n) is 10.00. The van der Waals surface area contributed by atoms with Crippen LogP contribution in [-0.2, 0) is 6.42 Å². The van der Waals surface area contributed by atoms with Crippen molar-refractivity contribution in [3.8, 4) is 0 Å². The standard InChI is InChI=1S/C21H34N4.HI/c1-4-22-21(23-9-7-19-14-17(2)13-18(3)15-19)25-12-8-20(16-25)24-10-5-6-11-24;/h13-15,20H,4-12,16H2,1-3H3,(H,22,23);1H. The molecule has 1 aromatic carbocycles. The highest BCUT2D eigenvalue weighted by Gasteiger charge is 2.30. The number of aliphatic imine (C=N–C) groups is 1. The van der Waals surface area contributed by atoms with E-state index in [-0.39, 0.29) is 24.0 Å². The third kappa shape index (κ3) is 5.84. The largest absolute Gasteiger partial charge is 0.357 e. The number of aryl methyl sites for hydroxylation is 2. The zero-order valence-electron chi connectivity index (χ0n) is 16.6. The lowest BCUT2D eigenvalue weighted by Gasteiger charge is -2.25. The SMILES string of the molecule is CCNC(=NCCc1cc(C)cc(C)c1)N1CCC(N2CCCC2)C1.I. The maximum absolute atomic E-state index is 4.92. The van der Waals surface area contributed by atoms with Crippen LogP contribution in [0, 0.1) is 13.8 Å². The molecule has 3 rings (SSSR count). The number of nitrogens with one attached hydrogen (secondary N) is 1. The fraction of sp³-hybridized carbons (Fsp3) is 0.667. The van der Waals surface area contributed by atoms with Gasteiger partial charge in [-0.05, 0) is 65.1 Å². The number of rotatable bonds is 5. The molecule has 1 unspecified atom stereocenters. The van der Waals surface area contributed by atoms with Crippen molar-refractivity contribution < 1.29 is 0 Å². The average molecular weight is 470 g/mol. The summed E-state index contributed by atoms with van der Waals surface area (Å²) in [6.07, 6.45) is 5.05. The van der Waals surface area contributed by atoms with E-state index in [4.69, 9.17) is 4.99 Å². The van der Waals surface area contributed by atoms with E-state index in [0.717, 1.165) is 44.6 Å². The lowest BCUT2D eigenvalue weighted by molar-refractivity contribution is 0.249. The van der Waals surface area contributed by atoms with Crippen LogP contribution in [0.3, 0.4) is 0 Å². The first-order chi connectivity index (χ1) is 12.2. The Morgan fingerprint density at radius 2 is 1.81 bits per heavy atom. The molecule has 0 amide bonds. The molecule has 1 aromatic rings. The Labute approximate surface area is 176 Å². The van der Waals surface area contributed by atoms with Crippen molar-refractivity contribution in [3.05, 3.63) is 34.9 Å². The van der Waals surface area contributed by atoms with Crippen molar-refractivity contribution in [1.82, 2.24) is 15.1 Å². The molecule has 4 nitrogen and oxygen atoms in total. The van der Waals surface area contributed by atoms with E-state index in [1.54, 1.807) is 0 Å². The van der Waals surface area contributed by atoms with E-state index in [1.807, 2.05) is 0 Å². The van der Waals surface area contributed by atoms with E-state index in [0.29, 0.717) is 0 Å². The van der Waals surface area contributed by atoms with Gasteiger partial charge in [-0.2, -0.15) is 0 Å². The monoisotopic (exact) mass is 470 g/mol. The summed E-state index contributed by atoms with van der Waals surface area (Å²) in [5.41, 5.74) is 4.09. The van der Waals surface area contributed by atoms with Crippen LogP contribution in [0.25, 0.3) is 0 Å². The zero-order chi connectivity index (χ0) is 17.6. The second-order valence-electron chi connectivity index (χ2n) is 7.61. The minimum Gasteiger partial charge on any atom is -0.357 e. The van der Waals surface area contributed by atoms with Gasteiger partial charge in [-0.3, -0.25) is 9.89 Å². The predicted molar refractivity (Wildman–Crippen MR) is 122 cm³/mol. The van der Waals surface area contributed by atoms with Crippen molar-refractivity contribution >= 4 is 29.9 Å². The van der Waals surface area contributed by atoms with Gasteiger partial charge in [0.05, 0.1) is 0 Å². The number of benzene rings is 1. The van der Waals surface area contributed by atoms with E-state index >= 15 is 0 Å². The van der Waals surface area contributed by atoms with Crippen LogP contribution in [0.1, 0.15) is 42.9 Å². The van der Waals surface area contributed by atoms with Crippen molar-refractivity contribution in [2.45, 2.75) is 52.5 Å².